The van der Waals surface area contributed by atoms with E-state index in [0.717, 1.165) is 37.3 Å². The fraction of sp³-hybridized carbons (Fsp3) is 0.368. The predicted octanol–water partition coefficient (Wildman–Crippen LogP) is 3.29. The molecule has 1 aliphatic heterocycles. The van der Waals surface area contributed by atoms with E-state index in [1.807, 2.05) is 6.07 Å². The van der Waals surface area contributed by atoms with Crippen molar-refractivity contribution in [2.24, 2.45) is 0 Å². The molecule has 116 valence electrons. The molecule has 23 heavy (non-hydrogen) atoms. The van der Waals surface area contributed by atoms with Crippen molar-refractivity contribution in [1.82, 2.24) is 4.98 Å². The Morgan fingerprint density at radius 2 is 1.87 bits per heavy atom. The maximum atomic E-state index is 9.63. The zero-order valence-electron chi connectivity index (χ0n) is 13.2. The summed E-state index contributed by atoms with van der Waals surface area (Å²) in [4.78, 5) is 6.96. The van der Waals surface area contributed by atoms with Crippen LogP contribution in [-0.4, -0.2) is 18.1 Å². The number of nitriles is 1. The van der Waals surface area contributed by atoms with Gasteiger partial charge in [-0.1, -0.05) is 24.3 Å². The summed E-state index contributed by atoms with van der Waals surface area (Å²) >= 11 is 0. The van der Waals surface area contributed by atoms with Crippen molar-refractivity contribution in [3.8, 4) is 17.3 Å². The van der Waals surface area contributed by atoms with E-state index in [0.29, 0.717) is 11.4 Å². The molecule has 0 bridgehead atoms. The van der Waals surface area contributed by atoms with Crippen LogP contribution in [0.4, 0.5) is 11.5 Å². The number of aryl methyl sites for hydroxylation is 1. The Kier molecular flexibility index (Phi) is 3.42. The third-order valence-corrected chi connectivity index (χ3v) is 5.00. The average molecular weight is 304 g/mol. The van der Waals surface area contributed by atoms with Crippen LogP contribution in [0, 0.1) is 11.3 Å². The van der Waals surface area contributed by atoms with Gasteiger partial charge in [0, 0.05) is 24.2 Å². The monoisotopic (exact) mass is 304 g/mol. The number of nitrogen functional groups attached to an aromatic ring is 1. The van der Waals surface area contributed by atoms with Crippen LogP contribution in [0.3, 0.4) is 0 Å². The molecule has 1 saturated heterocycles. The molecule has 0 atom stereocenters. The normalized spacial score (nSPS) is 16.4. The molecule has 4 rings (SSSR count). The van der Waals surface area contributed by atoms with Gasteiger partial charge in [0.05, 0.1) is 11.4 Å². The number of hydrogen-bond acceptors (Lipinski definition) is 4. The first-order chi connectivity index (χ1) is 11.3. The standard InChI is InChI=1S/C19H20N4/c20-12-16-18(23-10-4-1-5-11-23)15-9-8-13-6-2-3-7-14(13)17(15)22-19(16)21/h2-3,6-7H,1,4-5,8-11H2,(H2,21,22). The molecule has 1 aromatic heterocycles. The summed E-state index contributed by atoms with van der Waals surface area (Å²) in [5, 5.41) is 9.63. The highest BCUT2D eigenvalue weighted by molar-refractivity contribution is 5.82. The molecule has 1 fully saturated rings. The van der Waals surface area contributed by atoms with Crippen LogP contribution >= 0.6 is 0 Å². The Morgan fingerprint density at radius 3 is 2.65 bits per heavy atom. The summed E-state index contributed by atoms with van der Waals surface area (Å²) in [5.41, 5.74) is 12.4. The first-order valence-electron chi connectivity index (χ1n) is 8.35. The highest BCUT2D eigenvalue weighted by atomic mass is 15.1. The number of aromatic nitrogens is 1. The number of hydrogen-bond donors (Lipinski definition) is 1. The van der Waals surface area contributed by atoms with Gasteiger partial charge in [-0.25, -0.2) is 4.98 Å². The van der Waals surface area contributed by atoms with Crippen LogP contribution in [0.15, 0.2) is 24.3 Å². The number of nitrogens with two attached hydrogens (primary N) is 1. The third kappa shape index (κ3) is 2.24. The zero-order valence-corrected chi connectivity index (χ0v) is 13.2. The fourth-order valence-corrected chi connectivity index (χ4v) is 3.89. The first-order valence-corrected chi connectivity index (χ1v) is 8.35. The molecule has 0 radical (unpaired) electrons. The Labute approximate surface area is 136 Å². The number of anilines is 2. The number of benzene rings is 1. The minimum absolute atomic E-state index is 0.364. The molecule has 4 nitrogen and oxygen atoms in total. The Bertz CT molecular complexity index is 798. The van der Waals surface area contributed by atoms with Gasteiger partial charge >= 0.3 is 0 Å². The van der Waals surface area contributed by atoms with Gasteiger partial charge < -0.3 is 10.6 Å². The second-order valence-electron chi connectivity index (χ2n) is 6.36. The van der Waals surface area contributed by atoms with E-state index in [9.17, 15) is 5.26 Å². The maximum absolute atomic E-state index is 9.63. The molecule has 0 saturated carbocycles. The van der Waals surface area contributed by atoms with Gasteiger partial charge in [-0.3, -0.25) is 0 Å². The summed E-state index contributed by atoms with van der Waals surface area (Å²) in [5.74, 6) is 0.364. The van der Waals surface area contributed by atoms with Crippen LogP contribution in [0.5, 0.6) is 0 Å². The van der Waals surface area contributed by atoms with E-state index in [4.69, 9.17) is 5.73 Å². The van der Waals surface area contributed by atoms with Crippen molar-refractivity contribution in [1.29, 1.82) is 5.26 Å². The highest BCUT2D eigenvalue weighted by Crippen LogP contribution is 2.41. The number of fused-ring (bicyclic) bond motifs is 3. The van der Waals surface area contributed by atoms with E-state index < -0.39 is 0 Å². The summed E-state index contributed by atoms with van der Waals surface area (Å²) < 4.78 is 0. The molecule has 0 unspecified atom stereocenters. The molecule has 2 N–H and O–H groups in total. The number of pyridine rings is 1. The smallest absolute Gasteiger partial charge is 0.144 e. The molecule has 2 heterocycles. The summed E-state index contributed by atoms with van der Waals surface area (Å²) in [7, 11) is 0. The van der Waals surface area contributed by atoms with Gasteiger partial charge in [0.25, 0.3) is 0 Å². The van der Waals surface area contributed by atoms with Crippen molar-refractivity contribution >= 4 is 11.5 Å². The summed E-state index contributed by atoms with van der Waals surface area (Å²) in [6.45, 7) is 2.01. The second-order valence-corrected chi connectivity index (χ2v) is 6.36. The lowest BCUT2D eigenvalue weighted by molar-refractivity contribution is 0.575. The van der Waals surface area contributed by atoms with Crippen LogP contribution in [0.1, 0.15) is 36.0 Å². The average Bonchev–Trinajstić information content (AvgIpc) is 2.61. The molecule has 2 aromatic rings. The lowest BCUT2D eigenvalue weighted by atomic mass is 9.86. The van der Waals surface area contributed by atoms with Gasteiger partial charge in [0.1, 0.15) is 17.5 Å². The van der Waals surface area contributed by atoms with Crippen molar-refractivity contribution < 1.29 is 0 Å². The van der Waals surface area contributed by atoms with Gasteiger partial charge in [0.2, 0.25) is 0 Å². The van der Waals surface area contributed by atoms with Crippen molar-refractivity contribution in [2.45, 2.75) is 32.1 Å². The molecule has 0 spiro atoms. The van der Waals surface area contributed by atoms with E-state index in [1.165, 1.54) is 36.0 Å². The zero-order chi connectivity index (χ0) is 15.8. The quantitative estimate of drug-likeness (QED) is 0.878. The number of nitrogens with zero attached hydrogens (tertiary/aromatic N) is 3. The predicted molar refractivity (Wildman–Crippen MR) is 92.3 cm³/mol. The summed E-state index contributed by atoms with van der Waals surface area (Å²) in [6.07, 6.45) is 5.56. The number of rotatable bonds is 1. The van der Waals surface area contributed by atoms with Crippen molar-refractivity contribution in [2.75, 3.05) is 23.7 Å². The molecular formula is C19H20N4. The van der Waals surface area contributed by atoms with Gasteiger partial charge in [-0.05, 0) is 37.7 Å². The minimum atomic E-state index is 0.364. The third-order valence-electron chi connectivity index (χ3n) is 5.00. The van der Waals surface area contributed by atoms with Gasteiger partial charge in [-0.15, -0.1) is 0 Å². The highest BCUT2D eigenvalue weighted by Gasteiger charge is 2.27. The second kappa shape index (κ2) is 5.58. The minimum Gasteiger partial charge on any atom is -0.383 e. The van der Waals surface area contributed by atoms with E-state index in [1.54, 1.807) is 0 Å². The van der Waals surface area contributed by atoms with E-state index >= 15 is 0 Å². The maximum Gasteiger partial charge on any atom is 0.144 e. The van der Waals surface area contributed by atoms with Crippen LogP contribution < -0.4 is 10.6 Å². The van der Waals surface area contributed by atoms with Crippen LogP contribution in [0.2, 0.25) is 0 Å². The van der Waals surface area contributed by atoms with Gasteiger partial charge in [-0.2, -0.15) is 5.26 Å². The molecule has 4 heteroatoms. The fourth-order valence-electron chi connectivity index (χ4n) is 3.89. The van der Waals surface area contributed by atoms with Crippen molar-refractivity contribution in [3.05, 3.63) is 41.0 Å². The molecule has 2 aliphatic rings. The van der Waals surface area contributed by atoms with Crippen molar-refractivity contribution in [3.63, 3.8) is 0 Å². The molecule has 1 aromatic carbocycles. The van der Waals surface area contributed by atoms with E-state index in [2.05, 4.69) is 34.2 Å². The SMILES string of the molecule is N#Cc1c(N)nc2c(c1N1CCCCC1)CCc1ccccc1-2. The van der Waals surface area contributed by atoms with Gasteiger partial charge in [0.15, 0.2) is 0 Å². The molecule has 0 amide bonds. The summed E-state index contributed by atoms with van der Waals surface area (Å²) in [6, 6.07) is 10.7. The molecular weight excluding hydrogens is 284 g/mol. The Hall–Kier alpha value is -2.54. The van der Waals surface area contributed by atoms with Crippen LogP contribution in [-0.2, 0) is 12.8 Å². The first kappa shape index (κ1) is 14.1. The van der Waals surface area contributed by atoms with Crippen LogP contribution in [0.25, 0.3) is 11.3 Å². The topological polar surface area (TPSA) is 65.9 Å². The Balaban J connectivity index is 1.95. The molecule has 1 aliphatic carbocycles. The number of piperidine rings is 1. The largest absolute Gasteiger partial charge is 0.383 e. The lowest BCUT2D eigenvalue weighted by Gasteiger charge is -2.33. The lowest BCUT2D eigenvalue weighted by Crippen LogP contribution is -2.32. The Morgan fingerprint density at radius 1 is 1.09 bits per heavy atom. The van der Waals surface area contributed by atoms with E-state index in [-0.39, 0.29) is 0 Å².